The van der Waals surface area contributed by atoms with E-state index < -0.39 is 0 Å². The van der Waals surface area contributed by atoms with Crippen molar-refractivity contribution in [2.75, 3.05) is 19.5 Å². The van der Waals surface area contributed by atoms with Gasteiger partial charge in [0.05, 0.1) is 31.9 Å². The number of nitrogens with one attached hydrogen (secondary N) is 1. The number of carbonyl (C=O) groups excluding carboxylic acids is 3. The number of carbonyl (C=O) groups is 3. The van der Waals surface area contributed by atoms with Gasteiger partial charge in [-0.3, -0.25) is 14.4 Å². The van der Waals surface area contributed by atoms with Crippen LogP contribution in [0.1, 0.15) is 37.5 Å². The number of ketones is 2. The Bertz CT molecular complexity index is 1170. The summed E-state index contributed by atoms with van der Waals surface area (Å²) >= 11 is 0. The van der Waals surface area contributed by atoms with Crippen molar-refractivity contribution in [2.45, 2.75) is 6.42 Å². The third kappa shape index (κ3) is 3.22. The fourth-order valence-electron chi connectivity index (χ4n) is 3.72. The van der Waals surface area contributed by atoms with Crippen LogP contribution in [-0.4, -0.2) is 31.7 Å². The van der Waals surface area contributed by atoms with Crippen LogP contribution in [0.5, 0.6) is 11.5 Å². The van der Waals surface area contributed by atoms with Gasteiger partial charge in [-0.2, -0.15) is 0 Å². The molecule has 1 N–H and O–H groups in total. The van der Waals surface area contributed by atoms with Gasteiger partial charge >= 0.3 is 0 Å². The lowest BCUT2D eigenvalue weighted by Gasteiger charge is -2.16. The quantitative estimate of drug-likeness (QED) is 0.641. The van der Waals surface area contributed by atoms with Gasteiger partial charge < -0.3 is 14.8 Å². The number of hydrogen-bond donors (Lipinski definition) is 1. The van der Waals surface area contributed by atoms with E-state index in [4.69, 9.17) is 9.47 Å². The summed E-state index contributed by atoms with van der Waals surface area (Å²) in [6.45, 7) is 0. The molecule has 0 bridgehead atoms. The Labute approximate surface area is 173 Å². The Morgan fingerprint density at radius 2 is 1.53 bits per heavy atom. The second kappa shape index (κ2) is 7.83. The standard InChI is InChI=1S/C24H19NO5/c1-29-20-10-6-9-16(23(20)30-2)15-11-12-17(22-19(27)13-18(26)21(15)22)25-24(28)14-7-4-3-5-8-14/h3-12H,13H2,1-2H3,(H,25,28). The summed E-state index contributed by atoms with van der Waals surface area (Å²) in [6.07, 6.45) is -0.229. The van der Waals surface area contributed by atoms with E-state index in [1.165, 1.54) is 14.2 Å². The van der Waals surface area contributed by atoms with Gasteiger partial charge in [0.1, 0.15) is 0 Å². The molecule has 150 valence electrons. The number of rotatable bonds is 5. The zero-order valence-corrected chi connectivity index (χ0v) is 16.5. The molecule has 0 radical (unpaired) electrons. The molecule has 0 aliphatic heterocycles. The van der Waals surface area contributed by atoms with Gasteiger partial charge in [-0.1, -0.05) is 36.4 Å². The Balaban J connectivity index is 1.85. The van der Waals surface area contributed by atoms with Gasteiger partial charge in [0.2, 0.25) is 0 Å². The van der Waals surface area contributed by atoms with Crippen LogP contribution in [0.15, 0.2) is 60.7 Å². The lowest BCUT2D eigenvalue weighted by molar-refractivity contribution is 0.0923. The molecule has 0 saturated heterocycles. The minimum atomic E-state index is -0.350. The van der Waals surface area contributed by atoms with Gasteiger partial charge in [-0.05, 0) is 29.8 Å². The fourth-order valence-corrected chi connectivity index (χ4v) is 3.72. The molecule has 6 nitrogen and oxygen atoms in total. The van der Waals surface area contributed by atoms with E-state index in [0.29, 0.717) is 33.9 Å². The Morgan fingerprint density at radius 3 is 2.23 bits per heavy atom. The smallest absolute Gasteiger partial charge is 0.255 e. The molecular weight excluding hydrogens is 382 g/mol. The molecule has 1 aliphatic carbocycles. The molecule has 1 amide bonds. The monoisotopic (exact) mass is 401 g/mol. The maximum absolute atomic E-state index is 12.7. The summed E-state index contributed by atoms with van der Waals surface area (Å²) in [5.41, 5.74) is 2.50. The molecule has 0 unspecified atom stereocenters. The first-order valence-corrected chi connectivity index (χ1v) is 9.36. The molecule has 1 aliphatic rings. The minimum absolute atomic E-state index is 0.228. The number of Topliss-reactive ketones (excluding diaryl/α,β-unsaturated/α-hetero) is 2. The number of methoxy groups -OCH3 is 2. The van der Waals surface area contributed by atoms with Crippen LogP contribution in [0, 0.1) is 0 Å². The molecule has 0 fully saturated rings. The average Bonchev–Trinajstić information content (AvgIpc) is 3.08. The second-order valence-electron chi connectivity index (χ2n) is 6.80. The molecule has 6 heteroatoms. The van der Waals surface area contributed by atoms with Crippen LogP contribution >= 0.6 is 0 Å². The zero-order valence-electron chi connectivity index (χ0n) is 16.5. The van der Waals surface area contributed by atoms with E-state index >= 15 is 0 Å². The largest absolute Gasteiger partial charge is 0.493 e. The summed E-state index contributed by atoms with van der Waals surface area (Å²) in [5.74, 6) is 0.0295. The predicted molar refractivity (Wildman–Crippen MR) is 113 cm³/mol. The highest BCUT2D eigenvalue weighted by Gasteiger charge is 2.34. The normalized spacial score (nSPS) is 12.5. The SMILES string of the molecule is COc1cccc(-c2ccc(NC(=O)c3ccccc3)c3c2C(=O)CC3=O)c1OC. The van der Waals surface area contributed by atoms with Crippen LogP contribution in [-0.2, 0) is 0 Å². The maximum atomic E-state index is 12.7. The van der Waals surface area contributed by atoms with Crippen molar-refractivity contribution in [2.24, 2.45) is 0 Å². The summed E-state index contributed by atoms with van der Waals surface area (Å²) in [7, 11) is 3.05. The number of ether oxygens (including phenoxy) is 2. The van der Waals surface area contributed by atoms with Crippen molar-refractivity contribution < 1.29 is 23.9 Å². The van der Waals surface area contributed by atoms with E-state index in [9.17, 15) is 14.4 Å². The lowest BCUT2D eigenvalue weighted by Crippen LogP contribution is -2.14. The van der Waals surface area contributed by atoms with Crippen LogP contribution in [0.3, 0.4) is 0 Å². The Kier molecular flexibility index (Phi) is 5.06. The number of benzene rings is 3. The second-order valence-corrected chi connectivity index (χ2v) is 6.80. The van der Waals surface area contributed by atoms with Crippen molar-refractivity contribution >= 4 is 23.2 Å². The molecule has 0 heterocycles. The van der Waals surface area contributed by atoms with Gasteiger partial charge in [-0.25, -0.2) is 0 Å². The molecule has 3 aromatic carbocycles. The highest BCUT2D eigenvalue weighted by molar-refractivity contribution is 6.29. The molecular formula is C24H19NO5. The minimum Gasteiger partial charge on any atom is -0.493 e. The number of anilines is 1. The number of para-hydroxylation sites is 1. The number of amides is 1. The van der Waals surface area contributed by atoms with E-state index in [0.717, 1.165) is 0 Å². The summed E-state index contributed by atoms with van der Waals surface area (Å²) in [5, 5.41) is 2.77. The first-order valence-electron chi connectivity index (χ1n) is 9.36. The number of hydrogen-bond acceptors (Lipinski definition) is 5. The molecule has 0 spiro atoms. The van der Waals surface area contributed by atoms with Gasteiger partial charge in [0.25, 0.3) is 5.91 Å². The Hall–Kier alpha value is -3.93. The first kappa shape index (κ1) is 19.4. The lowest BCUT2D eigenvalue weighted by atomic mass is 9.94. The zero-order chi connectivity index (χ0) is 21.3. The molecule has 30 heavy (non-hydrogen) atoms. The van der Waals surface area contributed by atoms with Gasteiger partial charge in [-0.15, -0.1) is 0 Å². The first-order chi connectivity index (χ1) is 14.5. The van der Waals surface area contributed by atoms with Crippen molar-refractivity contribution in [1.29, 1.82) is 0 Å². The topological polar surface area (TPSA) is 81.7 Å². The van der Waals surface area contributed by atoms with Gasteiger partial charge in [0.15, 0.2) is 23.1 Å². The summed E-state index contributed by atoms with van der Waals surface area (Å²) < 4.78 is 10.9. The maximum Gasteiger partial charge on any atom is 0.255 e. The molecule has 0 saturated carbocycles. The summed E-state index contributed by atoms with van der Waals surface area (Å²) in [6, 6.07) is 17.4. The van der Waals surface area contributed by atoms with Crippen LogP contribution in [0.25, 0.3) is 11.1 Å². The van der Waals surface area contributed by atoms with Crippen LogP contribution in [0.4, 0.5) is 5.69 Å². The van der Waals surface area contributed by atoms with Crippen molar-refractivity contribution in [3.63, 3.8) is 0 Å². The van der Waals surface area contributed by atoms with Crippen molar-refractivity contribution in [3.8, 4) is 22.6 Å². The van der Waals surface area contributed by atoms with Crippen molar-refractivity contribution in [3.05, 3.63) is 77.4 Å². The van der Waals surface area contributed by atoms with Gasteiger partial charge in [0, 0.05) is 16.7 Å². The van der Waals surface area contributed by atoms with E-state index in [-0.39, 0.29) is 35.0 Å². The Morgan fingerprint density at radius 1 is 0.800 bits per heavy atom. The van der Waals surface area contributed by atoms with Crippen LogP contribution < -0.4 is 14.8 Å². The third-order valence-corrected chi connectivity index (χ3v) is 5.06. The van der Waals surface area contributed by atoms with Crippen LogP contribution in [0.2, 0.25) is 0 Å². The number of fused-ring (bicyclic) bond motifs is 1. The van der Waals surface area contributed by atoms with Crippen molar-refractivity contribution in [1.82, 2.24) is 0 Å². The average molecular weight is 401 g/mol. The highest BCUT2D eigenvalue weighted by Crippen LogP contribution is 2.43. The summed E-state index contributed by atoms with van der Waals surface area (Å²) in [4.78, 5) is 38.0. The molecule has 3 aromatic rings. The van der Waals surface area contributed by atoms with E-state index in [2.05, 4.69) is 5.32 Å². The van der Waals surface area contributed by atoms with E-state index in [1.54, 1.807) is 54.6 Å². The fraction of sp³-hybridized carbons (Fsp3) is 0.125. The third-order valence-electron chi connectivity index (χ3n) is 5.06. The highest BCUT2D eigenvalue weighted by atomic mass is 16.5. The molecule has 0 aromatic heterocycles. The predicted octanol–water partition coefficient (Wildman–Crippen LogP) is 4.39. The molecule has 0 atom stereocenters. The van der Waals surface area contributed by atoms with E-state index in [1.807, 2.05) is 6.07 Å². The molecule has 4 rings (SSSR count).